The fraction of sp³-hybridized carbons (Fsp3) is 0.0938. The van der Waals surface area contributed by atoms with Gasteiger partial charge in [0.15, 0.2) is 0 Å². The van der Waals surface area contributed by atoms with Gasteiger partial charge >= 0.3 is 0 Å². The number of benzene rings is 4. The van der Waals surface area contributed by atoms with Crippen LogP contribution in [-0.2, 0) is 5.41 Å². The van der Waals surface area contributed by atoms with E-state index in [1.165, 1.54) is 64.2 Å². The van der Waals surface area contributed by atoms with Crippen molar-refractivity contribution in [2.75, 3.05) is 0 Å². The summed E-state index contributed by atoms with van der Waals surface area (Å²) in [6.07, 6.45) is 1.89. The summed E-state index contributed by atoms with van der Waals surface area (Å²) in [5.74, 6) is 0.964. The number of hydrogen-bond acceptors (Lipinski definition) is 2. The first-order valence-electron chi connectivity index (χ1n) is 12.1. The predicted molar refractivity (Wildman–Crippen MR) is 149 cm³/mol. The third-order valence-electron chi connectivity index (χ3n) is 7.81. The van der Waals surface area contributed by atoms with Crippen molar-refractivity contribution < 1.29 is 0 Å². The van der Waals surface area contributed by atoms with Gasteiger partial charge in [-0.2, -0.15) is 0 Å². The Bertz CT molecular complexity index is 1970. The van der Waals surface area contributed by atoms with E-state index in [1.807, 2.05) is 23.6 Å². The topological polar surface area (TPSA) is 17.8 Å². The highest BCUT2D eigenvalue weighted by Crippen LogP contribution is 2.58. The molecule has 0 radical (unpaired) electrons. The van der Waals surface area contributed by atoms with E-state index >= 15 is 0 Å². The lowest BCUT2D eigenvalue weighted by Crippen LogP contribution is -2.15. The molecule has 2 nitrogen and oxygen atoms in total. The number of rotatable bonds is 1. The Morgan fingerprint density at radius 1 is 0.743 bits per heavy atom. The molecule has 0 atom stereocenters. The molecule has 35 heavy (non-hydrogen) atoms. The number of fused-ring (bicyclic) bond motifs is 12. The summed E-state index contributed by atoms with van der Waals surface area (Å²) < 4.78 is 5.06. The molecule has 1 aliphatic rings. The first-order chi connectivity index (χ1) is 17.2. The predicted octanol–water partition coefficient (Wildman–Crippen LogP) is 8.85. The largest absolute Gasteiger partial charge is 0.292 e. The van der Waals surface area contributed by atoms with E-state index in [-0.39, 0.29) is 5.41 Å². The summed E-state index contributed by atoms with van der Waals surface area (Å²) >= 11 is 1.91. The van der Waals surface area contributed by atoms with Gasteiger partial charge in [0, 0.05) is 37.9 Å². The summed E-state index contributed by atoms with van der Waals surface area (Å²) in [6.45, 7) is 4.79. The number of pyridine rings is 1. The normalized spacial score (nSPS) is 14.2. The van der Waals surface area contributed by atoms with Crippen LogP contribution in [0.15, 0.2) is 97.2 Å². The third kappa shape index (κ3) is 2.32. The van der Waals surface area contributed by atoms with Gasteiger partial charge in [-0.3, -0.25) is 4.57 Å². The Hall–Kier alpha value is -3.95. The Balaban J connectivity index is 1.75. The Morgan fingerprint density at radius 2 is 1.49 bits per heavy atom. The van der Waals surface area contributed by atoms with Crippen LogP contribution in [0.25, 0.3) is 58.9 Å². The van der Waals surface area contributed by atoms with Gasteiger partial charge in [-0.15, -0.1) is 11.3 Å². The summed E-state index contributed by atoms with van der Waals surface area (Å²) in [5, 5.41) is 5.38. The lowest BCUT2D eigenvalue weighted by Gasteiger charge is -2.23. The molecule has 0 saturated heterocycles. The Labute approximate surface area is 207 Å². The number of nitrogens with zero attached hydrogens (tertiary/aromatic N) is 2. The van der Waals surface area contributed by atoms with Crippen molar-refractivity contribution in [3.8, 4) is 16.9 Å². The van der Waals surface area contributed by atoms with E-state index in [0.717, 1.165) is 5.82 Å². The van der Waals surface area contributed by atoms with E-state index in [9.17, 15) is 0 Å². The molecule has 0 fully saturated rings. The number of hydrogen-bond donors (Lipinski definition) is 0. The molecular weight excluding hydrogens is 444 g/mol. The molecule has 0 N–H and O–H groups in total. The van der Waals surface area contributed by atoms with E-state index in [4.69, 9.17) is 4.98 Å². The third-order valence-corrected chi connectivity index (χ3v) is 8.99. The van der Waals surface area contributed by atoms with Crippen molar-refractivity contribution in [3.63, 3.8) is 0 Å². The highest BCUT2D eigenvalue weighted by Gasteiger charge is 2.40. The van der Waals surface area contributed by atoms with E-state index in [0.29, 0.717) is 0 Å². The Morgan fingerprint density at radius 3 is 2.34 bits per heavy atom. The molecule has 166 valence electrons. The van der Waals surface area contributed by atoms with Crippen LogP contribution >= 0.6 is 11.3 Å². The van der Waals surface area contributed by atoms with E-state index in [1.54, 1.807) is 0 Å². The van der Waals surface area contributed by atoms with Crippen LogP contribution in [0.1, 0.15) is 25.0 Å². The minimum atomic E-state index is -0.111. The lowest BCUT2D eigenvalue weighted by molar-refractivity contribution is 0.667. The molecule has 7 aromatic rings. The molecule has 0 saturated carbocycles. The van der Waals surface area contributed by atoms with Gasteiger partial charge in [0.2, 0.25) is 0 Å². The summed E-state index contributed by atoms with van der Waals surface area (Å²) in [7, 11) is 0. The highest BCUT2D eigenvalue weighted by atomic mass is 32.1. The van der Waals surface area contributed by atoms with Crippen LogP contribution in [0.3, 0.4) is 0 Å². The van der Waals surface area contributed by atoms with Crippen LogP contribution in [-0.4, -0.2) is 9.55 Å². The molecule has 0 amide bonds. The number of para-hydroxylation sites is 1. The average Bonchev–Trinajstić information content (AvgIpc) is 3.51. The fourth-order valence-corrected chi connectivity index (χ4v) is 7.67. The monoisotopic (exact) mass is 466 g/mol. The maximum absolute atomic E-state index is 4.82. The van der Waals surface area contributed by atoms with Gasteiger partial charge in [-0.25, -0.2) is 4.98 Å². The van der Waals surface area contributed by atoms with Crippen molar-refractivity contribution in [1.82, 2.24) is 9.55 Å². The van der Waals surface area contributed by atoms with Gasteiger partial charge in [0.25, 0.3) is 0 Å². The maximum Gasteiger partial charge on any atom is 0.137 e. The number of thiophene rings is 1. The zero-order valence-corrected chi connectivity index (χ0v) is 20.4. The van der Waals surface area contributed by atoms with Crippen LogP contribution in [0.4, 0.5) is 0 Å². The molecule has 0 aliphatic heterocycles. The zero-order valence-electron chi connectivity index (χ0n) is 19.5. The second-order valence-electron chi connectivity index (χ2n) is 9.99. The van der Waals surface area contributed by atoms with E-state index < -0.39 is 0 Å². The lowest BCUT2D eigenvalue weighted by atomic mass is 9.80. The highest BCUT2D eigenvalue weighted by molar-refractivity contribution is 7.26. The van der Waals surface area contributed by atoms with Crippen molar-refractivity contribution in [2.45, 2.75) is 19.3 Å². The standard InChI is InChI=1S/C32H22N2S/c1-32(2)22-14-6-3-11-19(22)26-27-21-13-5-8-16-24(21)35-31(27)30-28(29(26)32)20-12-4-7-15-23(20)34(30)25-17-9-10-18-33-25/h3-18H,1-2H3. The van der Waals surface area contributed by atoms with Crippen LogP contribution in [0.2, 0.25) is 0 Å². The smallest absolute Gasteiger partial charge is 0.137 e. The fourth-order valence-electron chi connectivity index (χ4n) is 6.42. The van der Waals surface area contributed by atoms with Crippen molar-refractivity contribution in [3.05, 3.63) is 108 Å². The minimum absolute atomic E-state index is 0.111. The van der Waals surface area contributed by atoms with Gasteiger partial charge in [-0.1, -0.05) is 80.6 Å². The second kappa shape index (κ2) is 6.59. The maximum atomic E-state index is 4.82. The molecule has 4 aromatic carbocycles. The minimum Gasteiger partial charge on any atom is -0.292 e. The summed E-state index contributed by atoms with van der Waals surface area (Å²) in [5.41, 5.74) is 8.01. The quantitative estimate of drug-likeness (QED) is 0.236. The van der Waals surface area contributed by atoms with Gasteiger partial charge in [-0.05, 0) is 46.5 Å². The molecule has 0 bridgehead atoms. The van der Waals surface area contributed by atoms with E-state index in [2.05, 4.69) is 103 Å². The summed E-state index contributed by atoms with van der Waals surface area (Å²) in [6, 6.07) is 32.9. The molecule has 3 heteroatoms. The summed E-state index contributed by atoms with van der Waals surface area (Å²) in [4.78, 5) is 4.82. The first-order valence-corrected chi connectivity index (χ1v) is 12.9. The molecule has 0 spiro atoms. The second-order valence-corrected chi connectivity index (χ2v) is 11.0. The van der Waals surface area contributed by atoms with Crippen LogP contribution in [0.5, 0.6) is 0 Å². The molecule has 1 aliphatic carbocycles. The van der Waals surface area contributed by atoms with Crippen molar-refractivity contribution in [1.29, 1.82) is 0 Å². The first kappa shape index (κ1) is 19.4. The molecular formula is C32H22N2S. The molecule has 3 aromatic heterocycles. The van der Waals surface area contributed by atoms with Crippen molar-refractivity contribution >= 4 is 53.3 Å². The van der Waals surface area contributed by atoms with Crippen molar-refractivity contribution in [2.24, 2.45) is 0 Å². The van der Waals surface area contributed by atoms with Gasteiger partial charge in [0.1, 0.15) is 5.82 Å². The zero-order chi connectivity index (χ0) is 23.3. The molecule has 0 unspecified atom stereocenters. The molecule has 3 heterocycles. The van der Waals surface area contributed by atoms with Gasteiger partial charge in [0.05, 0.1) is 15.7 Å². The molecule has 8 rings (SSSR count). The SMILES string of the molecule is CC1(C)c2ccccc2-c2c1c1c3ccccc3n(-c3ccccn3)c1c1sc3ccccc3c21. The number of aromatic nitrogens is 2. The Kier molecular flexibility index (Phi) is 3.64. The van der Waals surface area contributed by atoms with Crippen LogP contribution in [0, 0.1) is 0 Å². The van der Waals surface area contributed by atoms with Crippen LogP contribution < -0.4 is 0 Å². The average molecular weight is 467 g/mol. The van der Waals surface area contributed by atoms with Gasteiger partial charge < -0.3 is 0 Å².